The van der Waals surface area contributed by atoms with Crippen LogP contribution < -0.4 is 20.3 Å². The number of anilines is 1. The summed E-state index contributed by atoms with van der Waals surface area (Å²) in [6.45, 7) is 8.98. The van der Waals surface area contributed by atoms with Crippen LogP contribution in [0.25, 0.3) is 11.1 Å². The number of nitro benzene ring substituents is 1. The number of ether oxygens (including phenoxy) is 1. The second kappa shape index (κ2) is 13.4. The summed E-state index contributed by atoms with van der Waals surface area (Å²) in [7, 11) is 3.59. The van der Waals surface area contributed by atoms with E-state index in [0.29, 0.717) is 59.6 Å². The molecule has 264 valence electrons. The zero-order chi connectivity index (χ0) is 35.3. The zero-order valence-electron chi connectivity index (χ0n) is 29.8. The molecule has 3 aromatic carbocycles. The highest BCUT2D eigenvalue weighted by Gasteiger charge is 2.56. The topological polar surface area (TPSA) is 117 Å². The van der Waals surface area contributed by atoms with Crippen molar-refractivity contribution in [2.24, 2.45) is 23.2 Å². The molecule has 2 amide bonds. The molecule has 2 bridgehead atoms. The number of hydrogen-bond donors (Lipinski definition) is 2. The summed E-state index contributed by atoms with van der Waals surface area (Å²) < 4.78 is 5.97. The largest absolute Gasteiger partial charge is 0.496 e. The van der Waals surface area contributed by atoms with Crippen molar-refractivity contribution in [1.29, 1.82) is 0 Å². The molecule has 3 aliphatic carbocycles. The third-order valence-corrected chi connectivity index (χ3v) is 12.4. The number of rotatable bonds is 9. The highest BCUT2D eigenvalue weighted by molar-refractivity contribution is 5.97. The van der Waals surface area contributed by atoms with Crippen molar-refractivity contribution in [3.8, 4) is 16.9 Å². The van der Waals surface area contributed by atoms with Crippen molar-refractivity contribution in [2.45, 2.75) is 77.5 Å². The maximum absolute atomic E-state index is 13.7. The Morgan fingerprint density at radius 3 is 2.60 bits per heavy atom. The Kier molecular flexibility index (Phi) is 9.09. The maximum atomic E-state index is 13.7. The molecule has 2 N–H and O–H groups in total. The van der Waals surface area contributed by atoms with Crippen LogP contribution in [-0.2, 0) is 17.8 Å². The predicted molar refractivity (Wildman–Crippen MR) is 194 cm³/mol. The number of nitrogens with one attached hydrogen (secondary N) is 2. The van der Waals surface area contributed by atoms with Gasteiger partial charge >= 0.3 is 0 Å². The Labute approximate surface area is 294 Å². The number of amides is 2. The fourth-order valence-electron chi connectivity index (χ4n) is 9.51. The van der Waals surface area contributed by atoms with E-state index in [2.05, 4.69) is 53.3 Å². The fraction of sp³-hybridized carbons (Fsp3) is 0.500. The number of fused-ring (bicyclic) bond motifs is 3. The van der Waals surface area contributed by atoms with Crippen molar-refractivity contribution in [3.63, 3.8) is 0 Å². The first-order chi connectivity index (χ1) is 23.9. The van der Waals surface area contributed by atoms with Gasteiger partial charge < -0.3 is 20.3 Å². The predicted octanol–water partition coefficient (Wildman–Crippen LogP) is 6.21. The van der Waals surface area contributed by atoms with Crippen LogP contribution in [0.5, 0.6) is 5.75 Å². The molecule has 0 spiro atoms. The fourth-order valence-corrected chi connectivity index (χ4v) is 9.51. The average molecular weight is 680 g/mol. The smallest absolute Gasteiger partial charge is 0.270 e. The molecule has 0 unspecified atom stereocenters. The molecule has 5 aliphatic rings. The second-order valence-electron chi connectivity index (χ2n) is 15.6. The van der Waals surface area contributed by atoms with Gasteiger partial charge in [-0.1, -0.05) is 57.2 Å². The Bertz CT molecular complexity index is 1810. The van der Waals surface area contributed by atoms with Crippen LogP contribution in [0.15, 0.2) is 60.7 Å². The van der Waals surface area contributed by atoms with E-state index < -0.39 is 4.92 Å². The number of nitrogens with zero attached hydrogens (tertiary/aromatic N) is 3. The molecule has 1 saturated heterocycles. The molecule has 3 saturated carbocycles. The Morgan fingerprint density at radius 2 is 1.86 bits per heavy atom. The lowest BCUT2D eigenvalue weighted by molar-refractivity contribution is -0.384. The molecule has 10 nitrogen and oxygen atoms in total. The number of methoxy groups -OCH3 is 1. The molecular weight excluding hydrogens is 630 g/mol. The molecule has 10 heteroatoms. The lowest BCUT2D eigenvalue weighted by atomic mass is 9.45. The lowest BCUT2D eigenvalue weighted by Crippen LogP contribution is -2.61. The molecule has 8 rings (SSSR count). The molecule has 2 aliphatic heterocycles. The van der Waals surface area contributed by atoms with Gasteiger partial charge in [0.2, 0.25) is 5.91 Å². The van der Waals surface area contributed by atoms with Crippen molar-refractivity contribution >= 4 is 23.2 Å². The third kappa shape index (κ3) is 6.23. The zero-order valence-corrected chi connectivity index (χ0v) is 29.8. The molecule has 2 heterocycles. The summed E-state index contributed by atoms with van der Waals surface area (Å²) in [5.41, 5.74) is 4.78. The maximum Gasteiger partial charge on any atom is 0.270 e. The van der Waals surface area contributed by atoms with Gasteiger partial charge in [0.25, 0.3) is 11.6 Å². The first-order valence-electron chi connectivity index (χ1n) is 18.0. The van der Waals surface area contributed by atoms with E-state index in [9.17, 15) is 19.7 Å². The molecule has 0 radical (unpaired) electrons. The minimum Gasteiger partial charge on any atom is -0.496 e. The van der Waals surface area contributed by atoms with E-state index in [1.807, 2.05) is 37.4 Å². The number of non-ortho nitro benzene ring substituents is 1. The van der Waals surface area contributed by atoms with Crippen molar-refractivity contribution in [1.82, 2.24) is 15.5 Å². The average Bonchev–Trinajstić information content (AvgIpc) is 3.56. The van der Waals surface area contributed by atoms with Gasteiger partial charge in [0.1, 0.15) is 5.75 Å². The Hall–Kier alpha value is -4.44. The monoisotopic (exact) mass is 679 g/mol. The van der Waals surface area contributed by atoms with E-state index >= 15 is 0 Å². The number of carbonyl (C=O) groups is 2. The lowest BCUT2D eigenvalue weighted by Gasteiger charge is -2.62. The molecule has 50 heavy (non-hydrogen) atoms. The standard InChI is InChI=1S/C40H49N5O5/c1-24-33-20-29(40(33,2)3)21-34(24)42-39(47)36-14-9-15-44(36)22-26-11-8-12-32(37(26)50-5)27-16-28(19-31(18-27)45(48)49)38(46)41-30-17-25-10-6-7-13-35(25)43(4)23-30/h6-8,10-13,16,18-19,24,29-30,33-34,36H,9,14-15,17,20-23H2,1-5H3,(H,41,46)(H,42,47)/t24-,29+,30-,33-,34-,36-/m0/s1. The summed E-state index contributed by atoms with van der Waals surface area (Å²) in [5, 5.41) is 18.6. The minimum atomic E-state index is -0.466. The van der Waals surface area contributed by atoms with Crippen LogP contribution in [0.2, 0.25) is 0 Å². The summed E-state index contributed by atoms with van der Waals surface area (Å²) in [5.74, 6) is 2.13. The van der Waals surface area contributed by atoms with E-state index in [1.165, 1.54) is 18.6 Å². The van der Waals surface area contributed by atoms with Crippen LogP contribution in [-0.4, -0.2) is 67.0 Å². The first-order valence-corrected chi connectivity index (χ1v) is 18.0. The highest BCUT2D eigenvalue weighted by Crippen LogP contribution is 2.61. The van der Waals surface area contributed by atoms with Gasteiger partial charge in [-0.15, -0.1) is 0 Å². The third-order valence-electron chi connectivity index (χ3n) is 12.4. The van der Waals surface area contributed by atoms with Crippen molar-refractivity contribution in [3.05, 3.63) is 87.5 Å². The van der Waals surface area contributed by atoms with E-state index in [1.54, 1.807) is 13.2 Å². The first kappa shape index (κ1) is 34.0. The van der Waals surface area contributed by atoms with Crippen LogP contribution >= 0.6 is 0 Å². The van der Waals surface area contributed by atoms with Gasteiger partial charge in [-0.05, 0) is 85.1 Å². The van der Waals surface area contributed by atoms with E-state index in [4.69, 9.17) is 4.74 Å². The summed E-state index contributed by atoms with van der Waals surface area (Å²) in [6.07, 6.45) is 4.74. The van der Waals surface area contributed by atoms with Gasteiger partial charge in [-0.25, -0.2) is 0 Å². The number of likely N-dealkylation sites (tertiary alicyclic amines) is 1. The molecular formula is C40H49N5O5. The number of hydrogen-bond acceptors (Lipinski definition) is 7. The SMILES string of the molecule is COc1c(CN2CCC[C@H]2C(=O)N[C@H]2C[C@H]3C[C@@H]([C@@H]2C)C3(C)C)cccc1-c1cc(C(=O)N[C@H]2Cc3ccccc3N(C)C2)cc([N+](=O)[O-])c1. The second-order valence-corrected chi connectivity index (χ2v) is 15.6. The van der Waals surface area contributed by atoms with Crippen LogP contribution in [0.1, 0.15) is 67.9 Å². The molecule has 4 fully saturated rings. The van der Waals surface area contributed by atoms with Crippen molar-refractivity contribution in [2.75, 3.05) is 32.1 Å². The Balaban J connectivity index is 1.09. The summed E-state index contributed by atoms with van der Waals surface area (Å²) in [6, 6.07) is 18.3. The van der Waals surface area contributed by atoms with Gasteiger partial charge in [0, 0.05) is 60.7 Å². The van der Waals surface area contributed by atoms with Gasteiger partial charge in [-0.2, -0.15) is 0 Å². The number of benzene rings is 3. The Morgan fingerprint density at radius 1 is 1.06 bits per heavy atom. The minimum absolute atomic E-state index is 0.107. The number of nitro groups is 1. The quantitative estimate of drug-likeness (QED) is 0.204. The van der Waals surface area contributed by atoms with E-state index in [0.717, 1.165) is 42.6 Å². The summed E-state index contributed by atoms with van der Waals surface area (Å²) in [4.78, 5) is 43.3. The highest BCUT2D eigenvalue weighted by atomic mass is 16.6. The van der Waals surface area contributed by atoms with E-state index in [-0.39, 0.29) is 41.2 Å². The van der Waals surface area contributed by atoms with Crippen molar-refractivity contribution < 1.29 is 19.2 Å². The van der Waals surface area contributed by atoms with Gasteiger partial charge in [0.15, 0.2) is 0 Å². The molecule has 0 aromatic heterocycles. The summed E-state index contributed by atoms with van der Waals surface area (Å²) >= 11 is 0. The number of para-hydroxylation sites is 2. The van der Waals surface area contributed by atoms with Crippen LogP contribution in [0, 0.1) is 33.3 Å². The molecule has 3 aromatic rings. The molecule has 6 atom stereocenters. The van der Waals surface area contributed by atoms with Gasteiger partial charge in [-0.3, -0.25) is 24.6 Å². The van der Waals surface area contributed by atoms with Gasteiger partial charge in [0.05, 0.1) is 24.1 Å². The van der Waals surface area contributed by atoms with Crippen LogP contribution in [0.3, 0.4) is 0 Å². The van der Waals surface area contributed by atoms with Crippen LogP contribution in [0.4, 0.5) is 11.4 Å². The number of carbonyl (C=O) groups excluding carboxylic acids is 2. The number of likely N-dealkylation sites (N-methyl/N-ethyl adjacent to an activating group) is 1. The normalized spacial score (nSPS) is 26.8.